The molecule has 0 fully saturated rings. The maximum Gasteiger partial charge on any atom is 0.325 e. The lowest BCUT2D eigenvalue weighted by atomic mass is 10.0. The van der Waals surface area contributed by atoms with Gasteiger partial charge in [-0.05, 0) is 37.5 Å². The van der Waals surface area contributed by atoms with Crippen LogP contribution in [0.25, 0.3) is 0 Å². The molecule has 12 heteroatoms. The number of hydrogen-bond donors (Lipinski definition) is 3. The van der Waals surface area contributed by atoms with Crippen molar-refractivity contribution in [1.29, 1.82) is 0 Å². The molecule has 0 spiro atoms. The van der Waals surface area contributed by atoms with E-state index in [1.54, 1.807) is 0 Å². The summed E-state index contributed by atoms with van der Waals surface area (Å²) >= 11 is 0. The second kappa shape index (κ2) is 29.7. The summed E-state index contributed by atoms with van der Waals surface area (Å²) in [5.74, 6) is -3.97. The lowest BCUT2D eigenvalue weighted by Crippen LogP contribution is -2.34. The molecule has 1 aromatic rings. The van der Waals surface area contributed by atoms with Crippen molar-refractivity contribution in [3.05, 3.63) is 34.9 Å². The largest absolute Gasteiger partial charge is 0.464 e. The van der Waals surface area contributed by atoms with E-state index in [2.05, 4.69) is 36.7 Å². The molecule has 0 saturated carbocycles. The number of amides is 3. The summed E-state index contributed by atoms with van der Waals surface area (Å²) in [5, 5.41) is 7.39. The van der Waals surface area contributed by atoms with Crippen LogP contribution in [0.15, 0.2) is 18.2 Å². The molecule has 0 atom stereocenters. The van der Waals surface area contributed by atoms with Crippen LogP contribution in [0, 0.1) is 0 Å². The van der Waals surface area contributed by atoms with Gasteiger partial charge in [0.15, 0.2) is 0 Å². The average molecular weight is 718 g/mol. The van der Waals surface area contributed by atoms with Crippen LogP contribution in [0.4, 0.5) is 0 Å². The molecule has 1 rings (SSSR count). The third-order valence-corrected chi connectivity index (χ3v) is 8.18. The molecule has 0 bridgehead atoms. The number of nitrogens with one attached hydrogen (secondary N) is 3. The van der Waals surface area contributed by atoms with Gasteiger partial charge in [0.25, 0.3) is 17.7 Å². The van der Waals surface area contributed by atoms with Crippen molar-refractivity contribution in [2.45, 2.75) is 136 Å². The smallest absolute Gasteiger partial charge is 0.325 e. The van der Waals surface area contributed by atoms with E-state index >= 15 is 0 Å². The predicted molar refractivity (Wildman–Crippen MR) is 196 cm³/mol. The summed E-state index contributed by atoms with van der Waals surface area (Å²) in [6.45, 7) is 5.99. The van der Waals surface area contributed by atoms with Gasteiger partial charge < -0.3 is 30.2 Å². The Labute approximate surface area is 304 Å². The van der Waals surface area contributed by atoms with Crippen LogP contribution in [0.5, 0.6) is 0 Å². The van der Waals surface area contributed by atoms with Gasteiger partial charge in [-0.25, -0.2) is 0 Å². The molecule has 0 heterocycles. The maximum absolute atomic E-state index is 13.0. The third kappa shape index (κ3) is 23.2. The van der Waals surface area contributed by atoms with Gasteiger partial charge >= 0.3 is 17.9 Å². The first kappa shape index (κ1) is 45.1. The van der Waals surface area contributed by atoms with Crippen molar-refractivity contribution in [3.8, 4) is 0 Å². The topological polar surface area (TPSA) is 166 Å². The van der Waals surface area contributed by atoms with Crippen LogP contribution in [-0.4, -0.2) is 75.1 Å². The lowest BCUT2D eigenvalue weighted by molar-refractivity contribution is -0.143. The van der Waals surface area contributed by atoms with Crippen molar-refractivity contribution in [3.63, 3.8) is 0 Å². The molecule has 3 amide bonds. The number of benzene rings is 1. The lowest BCUT2D eigenvalue weighted by Gasteiger charge is -2.12. The number of carbonyl (C=O) groups excluding carboxylic acids is 6. The minimum atomic E-state index is -0.716. The Kier molecular flexibility index (Phi) is 26.3. The van der Waals surface area contributed by atoms with Gasteiger partial charge in [-0.15, -0.1) is 0 Å². The highest BCUT2D eigenvalue weighted by molar-refractivity contribution is 6.05. The molecular weight excluding hydrogens is 654 g/mol. The van der Waals surface area contributed by atoms with Gasteiger partial charge in [-0.1, -0.05) is 117 Å². The Balaban J connectivity index is 2.79. The van der Waals surface area contributed by atoms with E-state index in [9.17, 15) is 28.8 Å². The van der Waals surface area contributed by atoms with Crippen molar-refractivity contribution in [1.82, 2.24) is 16.0 Å². The highest BCUT2D eigenvalue weighted by Crippen LogP contribution is 2.12. The Bertz CT molecular complexity index is 1030. The Morgan fingerprint density at radius 1 is 0.392 bits per heavy atom. The van der Waals surface area contributed by atoms with Crippen LogP contribution in [-0.2, 0) is 28.6 Å². The molecular formula is C39H63N3O9. The monoisotopic (exact) mass is 717 g/mol. The zero-order valence-corrected chi connectivity index (χ0v) is 31.4. The molecule has 0 radical (unpaired) electrons. The average Bonchev–Trinajstić information content (AvgIpc) is 3.13. The Hall–Kier alpha value is -3.96. The van der Waals surface area contributed by atoms with Crippen molar-refractivity contribution < 1.29 is 43.0 Å². The Morgan fingerprint density at radius 2 is 0.627 bits per heavy atom. The number of ether oxygens (including phenoxy) is 3. The highest BCUT2D eigenvalue weighted by atomic mass is 16.5. The quantitative estimate of drug-likeness (QED) is 0.0452. The first-order valence-electron chi connectivity index (χ1n) is 19.2. The Morgan fingerprint density at radius 3 is 0.882 bits per heavy atom. The van der Waals surface area contributed by atoms with Gasteiger partial charge in [-0.2, -0.15) is 0 Å². The summed E-state index contributed by atoms with van der Waals surface area (Å²) in [5.41, 5.74) is -0.228. The minimum Gasteiger partial charge on any atom is -0.464 e. The van der Waals surface area contributed by atoms with Crippen molar-refractivity contribution >= 4 is 35.6 Å². The molecule has 1 aromatic carbocycles. The summed E-state index contributed by atoms with van der Waals surface area (Å²) in [6, 6.07) is 3.75. The summed E-state index contributed by atoms with van der Waals surface area (Å²) in [4.78, 5) is 75.8. The first-order chi connectivity index (χ1) is 24.7. The summed E-state index contributed by atoms with van der Waals surface area (Å²) < 4.78 is 15.6. The number of esters is 3. The van der Waals surface area contributed by atoms with Crippen LogP contribution >= 0.6 is 0 Å². The first-order valence-corrected chi connectivity index (χ1v) is 19.2. The third-order valence-electron chi connectivity index (χ3n) is 8.18. The highest BCUT2D eigenvalue weighted by Gasteiger charge is 2.19. The second-order valence-corrected chi connectivity index (χ2v) is 12.8. The van der Waals surface area contributed by atoms with Gasteiger partial charge in [-0.3, -0.25) is 28.8 Å². The molecule has 0 saturated heterocycles. The molecule has 0 aromatic heterocycles. The second-order valence-electron chi connectivity index (χ2n) is 12.8. The van der Waals surface area contributed by atoms with E-state index in [1.807, 2.05) is 0 Å². The fourth-order valence-corrected chi connectivity index (χ4v) is 5.14. The molecule has 51 heavy (non-hydrogen) atoms. The molecule has 3 N–H and O–H groups in total. The number of rotatable bonds is 30. The van der Waals surface area contributed by atoms with Gasteiger partial charge in [0, 0.05) is 16.7 Å². The van der Waals surface area contributed by atoms with E-state index in [-0.39, 0.29) is 36.5 Å². The van der Waals surface area contributed by atoms with Crippen molar-refractivity contribution in [2.24, 2.45) is 0 Å². The fourth-order valence-electron chi connectivity index (χ4n) is 5.14. The predicted octanol–water partition coefficient (Wildman–Crippen LogP) is 6.59. The summed E-state index contributed by atoms with van der Waals surface area (Å²) in [7, 11) is 0. The maximum atomic E-state index is 13.0. The van der Waals surface area contributed by atoms with Gasteiger partial charge in [0.2, 0.25) is 0 Å². The molecule has 0 aliphatic carbocycles. The van der Waals surface area contributed by atoms with Crippen LogP contribution in [0.2, 0.25) is 0 Å². The molecule has 12 nitrogen and oxygen atoms in total. The zero-order valence-electron chi connectivity index (χ0n) is 31.4. The van der Waals surface area contributed by atoms with Crippen LogP contribution in [0.3, 0.4) is 0 Å². The van der Waals surface area contributed by atoms with E-state index in [0.717, 1.165) is 96.3 Å². The minimum absolute atomic E-state index is 0.0761. The zero-order chi connectivity index (χ0) is 37.5. The van der Waals surface area contributed by atoms with E-state index in [4.69, 9.17) is 14.2 Å². The van der Waals surface area contributed by atoms with Crippen molar-refractivity contribution in [2.75, 3.05) is 39.5 Å². The molecule has 0 unspecified atom stereocenters. The van der Waals surface area contributed by atoms with Crippen LogP contribution in [0.1, 0.15) is 167 Å². The molecule has 288 valence electrons. The van der Waals surface area contributed by atoms with E-state index in [1.165, 1.54) is 37.5 Å². The van der Waals surface area contributed by atoms with Gasteiger partial charge in [0.05, 0.1) is 19.8 Å². The van der Waals surface area contributed by atoms with Gasteiger partial charge in [0.1, 0.15) is 19.6 Å². The normalized spacial score (nSPS) is 10.6. The summed E-state index contributed by atoms with van der Waals surface area (Å²) in [6.07, 6.45) is 18.7. The number of hydrogen-bond acceptors (Lipinski definition) is 9. The fraction of sp³-hybridized carbons (Fsp3) is 0.692. The molecule has 0 aliphatic heterocycles. The number of unbranched alkanes of at least 4 members (excludes halogenated alkanes) is 15. The number of carbonyl (C=O) groups is 6. The molecule has 0 aliphatic rings. The SMILES string of the molecule is CCCCCCCCOC(=O)CNC(=O)c1cc(C(=O)NCC(=O)OCCCCCCCC)cc(C(=O)NCC(=O)OCCCCCCCC)c1. The standard InChI is InChI=1S/C39H63N3O9/c1-4-7-10-13-16-19-22-49-34(43)28-40-37(46)31-25-32(38(47)41-29-35(44)50-23-20-17-14-11-8-5-2)27-33(26-31)39(48)42-30-36(45)51-24-21-18-15-12-9-6-3/h25-27H,4-24,28-30H2,1-3H3,(H,40,46)(H,41,47)(H,42,48). The van der Waals surface area contributed by atoms with E-state index < -0.39 is 55.3 Å². The van der Waals surface area contributed by atoms with E-state index in [0.29, 0.717) is 0 Å². The van der Waals surface area contributed by atoms with Crippen LogP contribution < -0.4 is 16.0 Å².